The number of nitrogens with two attached hydrogens (primary N) is 1. The number of carbonyl (C=O) groups is 3. The quantitative estimate of drug-likeness (QED) is 0.0102. The van der Waals surface area contributed by atoms with Crippen molar-refractivity contribution in [2.75, 3.05) is 25.6 Å². The first-order valence-corrected chi connectivity index (χ1v) is 28.2. The zero-order chi connectivity index (χ0) is 52.2. The van der Waals surface area contributed by atoms with Crippen LogP contribution >= 0.6 is 15.6 Å². The molecule has 0 aliphatic carbocycles. The van der Waals surface area contributed by atoms with Crippen molar-refractivity contribution in [2.24, 2.45) is 0 Å². The molecule has 0 amide bonds. The molecule has 21 heteroatoms. The largest absolute Gasteiger partial charge is 0.481 e. The summed E-state index contributed by atoms with van der Waals surface area (Å²) in [5.74, 6) is -1.27. The summed E-state index contributed by atoms with van der Waals surface area (Å²) < 4.78 is 56.7. The molecule has 0 aromatic carbocycles. The SMILES string of the molecule is CCCCC/C=C\C/C=C\C/C=C\CCCCCCC(=O)OC[C@H](COP(=O)(O)OP(=O)(O)OC[C@H]1O[C@@H](n2ccc(N)nc2=O)[C@H](O)[C@@H]1O)OC(=O)CCCCCCC/C=C\C=C\C(=O)CCCCC. The predicted molar refractivity (Wildman–Crippen MR) is 271 cm³/mol. The number of allylic oxidation sites excluding steroid dienone is 10. The summed E-state index contributed by atoms with van der Waals surface area (Å²) in [4.78, 5) is 73.7. The molecular weight excluding hydrogens is 961 g/mol. The van der Waals surface area contributed by atoms with Crippen LogP contribution in [0.1, 0.15) is 168 Å². The first-order valence-electron chi connectivity index (χ1n) is 25.3. The molecule has 1 aliphatic rings. The standard InChI is InChI=1S/C50H81N3O16P2/c1-3-5-7-8-9-10-11-12-13-14-15-16-17-20-23-26-30-34-45(55)64-38-42(67-46(56)35-31-27-24-21-18-19-22-25-29-33-41(54)32-28-6-4-2)39-65-70(60,61)69-71(62,63)66-40-43-47(57)48(58)49(68-43)53-37-36-44(51)52-50(53)59/h9-10,12-13,15-16,22,25,29,33,36-37,42-43,47-49,57-58H,3-8,11,14,17-21,23-24,26-28,30-32,34-35,38-40H2,1-2H3,(H,60,61)(H,62,63)(H2,51,52,59)/b10-9-,13-12-,16-15-,25-22-,33-29+/t42-,43-,47-,48-,49-/m1/s1. The molecule has 2 rings (SSSR count). The number of esters is 2. The molecule has 0 spiro atoms. The van der Waals surface area contributed by atoms with E-state index in [4.69, 9.17) is 29.0 Å². The highest BCUT2D eigenvalue weighted by Gasteiger charge is 2.46. The minimum absolute atomic E-state index is 0.00867. The van der Waals surface area contributed by atoms with Crippen LogP contribution in [0, 0.1) is 0 Å². The molecule has 0 saturated carbocycles. The molecule has 1 aliphatic heterocycles. The van der Waals surface area contributed by atoms with Gasteiger partial charge in [-0.15, -0.1) is 0 Å². The van der Waals surface area contributed by atoms with Gasteiger partial charge in [-0.25, -0.2) is 13.9 Å². The monoisotopic (exact) mass is 1040 g/mol. The lowest BCUT2D eigenvalue weighted by Gasteiger charge is -2.21. The van der Waals surface area contributed by atoms with Gasteiger partial charge in [0.05, 0.1) is 13.2 Å². The average molecular weight is 1040 g/mol. The average Bonchev–Trinajstić information content (AvgIpc) is 3.60. The first-order chi connectivity index (χ1) is 34.1. The Morgan fingerprint density at radius 2 is 1.27 bits per heavy atom. The maximum atomic E-state index is 12.8. The van der Waals surface area contributed by atoms with E-state index < -0.39 is 83.7 Å². The lowest BCUT2D eigenvalue weighted by molar-refractivity contribution is -0.161. The van der Waals surface area contributed by atoms with E-state index in [2.05, 4.69) is 59.6 Å². The van der Waals surface area contributed by atoms with Crippen LogP contribution in [0.15, 0.2) is 77.8 Å². The topological polar surface area (TPSA) is 283 Å². The molecular formula is C50H81N3O16P2. The van der Waals surface area contributed by atoms with E-state index in [9.17, 15) is 48.3 Å². The number of ether oxygens (including phenoxy) is 3. The van der Waals surface area contributed by atoms with Crippen molar-refractivity contribution in [3.8, 4) is 0 Å². The number of unbranched alkanes of at least 4 members (excludes halogenated alkanes) is 14. The van der Waals surface area contributed by atoms with Gasteiger partial charge < -0.3 is 39.9 Å². The van der Waals surface area contributed by atoms with Crippen LogP contribution < -0.4 is 11.4 Å². The number of rotatable bonds is 41. The Labute approximate surface area is 419 Å². The van der Waals surface area contributed by atoms with Gasteiger partial charge in [-0.3, -0.25) is 28.0 Å². The molecule has 2 unspecified atom stereocenters. The number of ketones is 1. The number of nitrogens with zero attached hydrogens (tertiary/aromatic N) is 2. The molecule has 1 fully saturated rings. The Balaban J connectivity index is 1.83. The van der Waals surface area contributed by atoms with Crippen molar-refractivity contribution in [1.29, 1.82) is 0 Å². The Morgan fingerprint density at radius 3 is 1.92 bits per heavy atom. The summed E-state index contributed by atoms with van der Waals surface area (Å²) in [6, 6.07) is 1.24. The molecule has 1 saturated heterocycles. The highest BCUT2D eigenvalue weighted by molar-refractivity contribution is 7.61. The minimum Gasteiger partial charge on any atom is -0.462 e. The third kappa shape index (κ3) is 30.7. The van der Waals surface area contributed by atoms with Crippen molar-refractivity contribution >= 4 is 39.2 Å². The van der Waals surface area contributed by atoms with E-state index >= 15 is 0 Å². The van der Waals surface area contributed by atoms with Crippen molar-refractivity contribution in [3.05, 3.63) is 83.5 Å². The highest BCUT2D eigenvalue weighted by atomic mass is 31.3. The van der Waals surface area contributed by atoms with Gasteiger partial charge in [-0.05, 0) is 82.8 Å². The molecule has 6 N–H and O–H groups in total. The second-order valence-corrected chi connectivity index (χ2v) is 20.4. The lowest BCUT2D eigenvalue weighted by atomic mass is 10.1. The normalized spacial score (nSPS) is 19.6. The number of hydrogen-bond donors (Lipinski definition) is 5. The van der Waals surface area contributed by atoms with Gasteiger partial charge in [0.25, 0.3) is 0 Å². The number of aliphatic hydroxyl groups is 2. The molecule has 0 radical (unpaired) electrons. The number of hydrogen-bond acceptors (Lipinski definition) is 16. The van der Waals surface area contributed by atoms with Crippen LogP contribution in [0.3, 0.4) is 0 Å². The van der Waals surface area contributed by atoms with Crippen LogP contribution in [-0.4, -0.2) is 91.5 Å². The predicted octanol–water partition coefficient (Wildman–Crippen LogP) is 9.51. The minimum atomic E-state index is -5.45. The van der Waals surface area contributed by atoms with Crippen LogP contribution in [0.2, 0.25) is 0 Å². The number of anilines is 1. The summed E-state index contributed by atoms with van der Waals surface area (Å²) in [5.41, 5.74) is 4.57. The number of carbonyl (C=O) groups excluding carboxylic acids is 3. The van der Waals surface area contributed by atoms with E-state index in [0.717, 1.165) is 107 Å². The Morgan fingerprint density at radius 1 is 0.718 bits per heavy atom. The summed E-state index contributed by atoms with van der Waals surface area (Å²) in [7, 11) is -10.9. The molecule has 1 aromatic heterocycles. The molecule has 2 heterocycles. The number of aliphatic hydroxyl groups excluding tert-OH is 2. The van der Waals surface area contributed by atoms with Gasteiger partial charge >= 0.3 is 33.3 Å². The van der Waals surface area contributed by atoms with E-state index in [0.29, 0.717) is 19.3 Å². The number of phosphoric acid groups is 2. The van der Waals surface area contributed by atoms with Crippen LogP contribution in [0.4, 0.5) is 5.82 Å². The first kappa shape index (κ1) is 63.2. The molecule has 7 atom stereocenters. The van der Waals surface area contributed by atoms with Crippen LogP contribution in [0.25, 0.3) is 0 Å². The van der Waals surface area contributed by atoms with Gasteiger partial charge in [-0.2, -0.15) is 9.29 Å². The highest BCUT2D eigenvalue weighted by Crippen LogP contribution is 2.60. The van der Waals surface area contributed by atoms with E-state index in [-0.39, 0.29) is 24.4 Å². The third-order valence-electron chi connectivity index (χ3n) is 11.1. The fourth-order valence-electron chi connectivity index (χ4n) is 7.06. The molecule has 71 heavy (non-hydrogen) atoms. The van der Waals surface area contributed by atoms with Gasteiger partial charge in [-0.1, -0.05) is 126 Å². The summed E-state index contributed by atoms with van der Waals surface area (Å²) in [5, 5.41) is 20.9. The third-order valence-corrected chi connectivity index (χ3v) is 13.7. The summed E-state index contributed by atoms with van der Waals surface area (Å²) in [6.45, 7) is 1.91. The molecule has 19 nitrogen and oxygen atoms in total. The summed E-state index contributed by atoms with van der Waals surface area (Å²) in [6.07, 6.45) is 32.8. The molecule has 1 aromatic rings. The molecule has 0 bridgehead atoms. The Hall–Kier alpha value is -3.87. The van der Waals surface area contributed by atoms with Crippen molar-refractivity contribution in [2.45, 2.75) is 192 Å². The van der Waals surface area contributed by atoms with Gasteiger partial charge in [0.15, 0.2) is 18.1 Å². The molecule has 402 valence electrons. The fourth-order valence-corrected chi connectivity index (χ4v) is 9.18. The second-order valence-electron chi connectivity index (χ2n) is 17.3. The number of nitrogen functional groups attached to an aromatic ring is 1. The van der Waals surface area contributed by atoms with Crippen molar-refractivity contribution in [1.82, 2.24) is 9.55 Å². The van der Waals surface area contributed by atoms with E-state index in [1.807, 2.05) is 12.2 Å². The van der Waals surface area contributed by atoms with E-state index in [1.165, 1.54) is 25.3 Å². The smallest absolute Gasteiger partial charge is 0.462 e. The van der Waals surface area contributed by atoms with Crippen molar-refractivity contribution in [3.63, 3.8) is 0 Å². The Bertz CT molecular complexity index is 1990. The zero-order valence-corrected chi connectivity index (χ0v) is 43.5. The summed E-state index contributed by atoms with van der Waals surface area (Å²) >= 11 is 0. The van der Waals surface area contributed by atoms with Gasteiger partial charge in [0.1, 0.15) is 30.7 Å². The number of aromatic nitrogens is 2. The fraction of sp³-hybridized carbons (Fsp3) is 0.660. The maximum Gasteiger partial charge on any atom is 0.481 e. The lowest BCUT2D eigenvalue weighted by Crippen LogP contribution is -2.36. The number of phosphoric ester groups is 2. The van der Waals surface area contributed by atoms with Crippen LogP contribution in [-0.2, 0) is 51.1 Å². The Kier molecular flexibility index (Phi) is 33.7. The van der Waals surface area contributed by atoms with Gasteiger partial charge in [0, 0.05) is 25.5 Å². The maximum absolute atomic E-state index is 12.8. The zero-order valence-electron chi connectivity index (χ0n) is 41.8. The van der Waals surface area contributed by atoms with Crippen molar-refractivity contribution < 1.29 is 71.1 Å². The van der Waals surface area contributed by atoms with Gasteiger partial charge in [0.2, 0.25) is 0 Å². The van der Waals surface area contributed by atoms with E-state index in [1.54, 1.807) is 12.2 Å². The second kappa shape index (κ2) is 37.8. The van der Waals surface area contributed by atoms with Crippen LogP contribution in [0.5, 0.6) is 0 Å².